The van der Waals surface area contributed by atoms with Crippen LogP contribution in [0.25, 0.3) is 0 Å². The topological polar surface area (TPSA) is 38.8 Å². The molecular formula is C18H19NO3. The van der Waals surface area contributed by atoms with Crippen molar-refractivity contribution >= 4 is 11.7 Å². The molecule has 2 aromatic rings. The van der Waals surface area contributed by atoms with Gasteiger partial charge in [-0.25, -0.2) is 9.86 Å². The van der Waals surface area contributed by atoms with E-state index in [-0.39, 0.29) is 12.0 Å². The van der Waals surface area contributed by atoms with Gasteiger partial charge in [0.25, 0.3) is 0 Å². The van der Waals surface area contributed by atoms with Crippen LogP contribution >= 0.6 is 0 Å². The van der Waals surface area contributed by atoms with Crippen LogP contribution in [-0.4, -0.2) is 18.7 Å². The van der Waals surface area contributed by atoms with Crippen molar-refractivity contribution in [2.75, 3.05) is 12.2 Å². The van der Waals surface area contributed by atoms with Crippen LogP contribution in [0.1, 0.15) is 24.9 Å². The zero-order valence-corrected chi connectivity index (χ0v) is 12.7. The zero-order chi connectivity index (χ0) is 15.6. The highest BCUT2D eigenvalue weighted by Crippen LogP contribution is 2.43. The maximum absolute atomic E-state index is 12.1. The summed E-state index contributed by atoms with van der Waals surface area (Å²) in [6, 6.07) is 19.8. The molecule has 2 aromatic carbocycles. The average molecular weight is 297 g/mol. The molecule has 1 heterocycles. The number of esters is 1. The lowest BCUT2D eigenvalue weighted by molar-refractivity contribution is -0.163. The van der Waals surface area contributed by atoms with Gasteiger partial charge in [-0.3, -0.25) is 4.84 Å². The Morgan fingerprint density at radius 2 is 1.73 bits per heavy atom. The first-order valence-electron chi connectivity index (χ1n) is 7.31. The number of carbonyl (C=O) groups is 1. The predicted molar refractivity (Wildman–Crippen MR) is 84.2 cm³/mol. The van der Waals surface area contributed by atoms with Gasteiger partial charge >= 0.3 is 5.97 Å². The minimum Gasteiger partial charge on any atom is -0.467 e. The third kappa shape index (κ3) is 2.57. The van der Waals surface area contributed by atoms with Gasteiger partial charge in [-0.05, 0) is 24.6 Å². The summed E-state index contributed by atoms with van der Waals surface area (Å²) < 4.78 is 4.91. The van der Waals surface area contributed by atoms with Crippen LogP contribution < -0.4 is 5.06 Å². The van der Waals surface area contributed by atoms with Gasteiger partial charge in [0.2, 0.25) is 0 Å². The van der Waals surface area contributed by atoms with Crippen molar-refractivity contribution in [1.82, 2.24) is 0 Å². The van der Waals surface area contributed by atoms with E-state index in [1.165, 1.54) is 7.11 Å². The van der Waals surface area contributed by atoms with Gasteiger partial charge < -0.3 is 4.74 Å². The third-order valence-electron chi connectivity index (χ3n) is 3.98. The standard InChI is InChI=1S/C18H19NO3/c1-18(17(20)21-2)13-16(14-9-5-3-6-10-14)19(22-18)15-11-7-4-8-12-15/h3-12,16H,13H2,1-2H3/t16-,18-/m0/s1. The van der Waals surface area contributed by atoms with E-state index < -0.39 is 5.60 Å². The molecule has 3 rings (SSSR count). The summed E-state index contributed by atoms with van der Waals surface area (Å²) in [5.74, 6) is -0.355. The van der Waals surface area contributed by atoms with Crippen molar-refractivity contribution in [3.8, 4) is 0 Å². The van der Waals surface area contributed by atoms with Crippen LogP contribution in [0.5, 0.6) is 0 Å². The number of anilines is 1. The lowest BCUT2D eigenvalue weighted by Crippen LogP contribution is -2.37. The molecule has 114 valence electrons. The summed E-state index contributed by atoms with van der Waals surface area (Å²) in [6.45, 7) is 1.78. The van der Waals surface area contributed by atoms with Crippen molar-refractivity contribution in [2.45, 2.75) is 25.0 Å². The Kier molecular flexibility index (Phi) is 3.86. The minimum absolute atomic E-state index is 0.0345. The molecule has 22 heavy (non-hydrogen) atoms. The minimum atomic E-state index is -0.981. The van der Waals surface area contributed by atoms with Gasteiger partial charge in [-0.1, -0.05) is 48.5 Å². The summed E-state index contributed by atoms with van der Waals surface area (Å²) >= 11 is 0. The fourth-order valence-corrected chi connectivity index (χ4v) is 2.84. The van der Waals surface area contributed by atoms with E-state index in [1.54, 1.807) is 6.92 Å². The number of hydroxylamine groups is 1. The van der Waals surface area contributed by atoms with Crippen LogP contribution in [0.15, 0.2) is 60.7 Å². The number of benzene rings is 2. The molecule has 0 amide bonds. The quantitative estimate of drug-likeness (QED) is 0.813. The number of rotatable bonds is 3. The van der Waals surface area contributed by atoms with Gasteiger partial charge in [-0.2, -0.15) is 0 Å². The van der Waals surface area contributed by atoms with Gasteiger partial charge in [0.15, 0.2) is 5.60 Å². The molecule has 1 fully saturated rings. The van der Waals surface area contributed by atoms with Crippen LogP contribution in [0, 0.1) is 0 Å². The number of carbonyl (C=O) groups excluding carboxylic acids is 1. The second-order valence-corrected chi connectivity index (χ2v) is 5.61. The maximum atomic E-state index is 12.1. The van der Waals surface area contributed by atoms with Gasteiger partial charge in [0.1, 0.15) is 0 Å². The first-order valence-corrected chi connectivity index (χ1v) is 7.31. The van der Waals surface area contributed by atoms with Crippen molar-refractivity contribution < 1.29 is 14.4 Å². The Bertz CT molecular complexity index is 594. The molecule has 0 unspecified atom stereocenters. The first kappa shape index (κ1) is 14.6. The molecule has 4 nitrogen and oxygen atoms in total. The molecule has 1 saturated heterocycles. The molecule has 1 aliphatic rings. The molecule has 1 aliphatic heterocycles. The molecule has 0 N–H and O–H groups in total. The molecule has 2 atom stereocenters. The Labute approximate surface area is 130 Å². The predicted octanol–water partition coefficient (Wildman–Crippen LogP) is 3.50. The molecule has 0 aliphatic carbocycles. The Morgan fingerprint density at radius 1 is 1.14 bits per heavy atom. The van der Waals surface area contributed by atoms with Gasteiger partial charge in [0, 0.05) is 6.42 Å². The van der Waals surface area contributed by atoms with Crippen molar-refractivity contribution in [3.05, 3.63) is 66.2 Å². The molecular weight excluding hydrogens is 278 g/mol. The van der Waals surface area contributed by atoms with E-state index in [9.17, 15) is 4.79 Å². The summed E-state index contributed by atoms with van der Waals surface area (Å²) in [7, 11) is 1.39. The number of methoxy groups -OCH3 is 1. The van der Waals surface area contributed by atoms with Crippen molar-refractivity contribution in [3.63, 3.8) is 0 Å². The molecule has 0 saturated carbocycles. The second-order valence-electron chi connectivity index (χ2n) is 5.61. The summed E-state index contributed by atoms with van der Waals surface area (Å²) in [5.41, 5.74) is 1.05. The normalized spacial score (nSPS) is 24.3. The lowest BCUT2D eigenvalue weighted by atomic mass is 9.94. The van der Waals surface area contributed by atoms with Crippen LogP contribution in [0.3, 0.4) is 0 Å². The van der Waals surface area contributed by atoms with E-state index >= 15 is 0 Å². The number of nitrogens with zero attached hydrogens (tertiary/aromatic N) is 1. The van der Waals surface area contributed by atoms with Crippen molar-refractivity contribution in [1.29, 1.82) is 0 Å². The summed E-state index contributed by atoms with van der Waals surface area (Å²) in [6.07, 6.45) is 0.540. The molecule has 4 heteroatoms. The van der Waals surface area contributed by atoms with E-state index in [2.05, 4.69) is 0 Å². The smallest absolute Gasteiger partial charge is 0.340 e. The fraction of sp³-hybridized carbons (Fsp3) is 0.278. The van der Waals surface area contributed by atoms with E-state index in [0.29, 0.717) is 6.42 Å². The first-order chi connectivity index (χ1) is 10.6. The van der Waals surface area contributed by atoms with Gasteiger partial charge in [-0.15, -0.1) is 0 Å². The molecule has 0 spiro atoms. The summed E-state index contributed by atoms with van der Waals surface area (Å²) in [4.78, 5) is 18.1. The fourth-order valence-electron chi connectivity index (χ4n) is 2.84. The van der Waals surface area contributed by atoms with Crippen LogP contribution in [0.2, 0.25) is 0 Å². The Balaban J connectivity index is 1.99. The number of hydrogen-bond donors (Lipinski definition) is 0. The Hall–Kier alpha value is -2.33. The molecule has 0 bridgehead atoms. The monoisotopic (exact) mass is 297 g/mol. The van der Waals surface area contributed by atoms with Gasteiger partial charge in [0.05, 0.1) is 18.8 Å². The SMILES string of the molecule is COC(=O)[C@]1(C)C[C@@H](c2ccccc2)N(c2ccccc2)O1. The maximum Gasteiger partial charge on any atom is 0.340 e. The Morgan fingerprint density at radius 3 is 2.32 bits per heavy atom. The van der Waals surface area contributed by atoms with Crippen molar-refractivity contribution in [2.24, 2.45) is 0 Å². The van der Waals surface area contributed by atoms with Crippen LogP contribution in [0.4, 0.5) is 5.69 Å². The third-order valence-corrected chi connectivity index (χ3v) is 3.98. The highest BCUT2D eigenvalue weighted by Gasteiger charge is 2.49. The largest absolute Gasteiger partial charge is 0.467 e. The highest BCUT2D eigenvalue weighted by molar-refractivity contribution is 5.80. The molecule has 0 aromatic heterocycles. The van der Waals surface area contributed by atoms with E-state index in [1.807, 2.05) is 65.7 Å². The van der Waals surface area contributed by atoms with E-state index in [0.717, 1.165) is 11.3 Å². The van der Waals surface area contributed by atoms with Crippen LogP contribution in [-0.2, 0) is 14.4 Å². The highest BCUT2D eigenvalue weighted by atomic mass is 16.7. The number of ether oxygens (including phenoxy) is 1. The second kappa shape index (κ2) is 5.81. The number of para-hydroxylation sites is 1. The molecule has 0 radical (unpaired) electrons. The number of hydrogen-bond acceptors (Lipinski definition) is 4. The lowest BCUT2D eigenvalue weighted by Gasteiger charge is -2.26. The van der Waals surface area contributed by atoms with E-state index in [4.69, 9.17) is 9.57 Å². The average Bonchev–Trinajstić information content (AvgIpc) is 2.95. The summed E-state index contributed by atoms with van der Waals surface area (Å²) in [5, 5.41) is 1.81. The zero-order valence-electron chi connectivity index (χ0n) is 12.7.